The molecule has 3 nitrogen and oxygen atoms in total. The zero-order valence-electron chi connectivity index (χ0n) is 12.3. The molecule has 1 aromatic carbocycles. The minimum atomic E-state index is 0.312. The highest BCUT2D eigenvalue weighted by atomic mass is 16.5. The first-order valence-corrected chi connectivity index (χ1v) is 7.98. The van der Waals surface area contributed by atoms with Crippen LogP contribution in [0.4, 0.5) is 0 Å². The average Bonchev–Trinajstić information content (AvgIpc) is 3.12. The molecule has 0 radical (unpaired) electrons. The van der Waals surface area contributed by atoms with Crippen LogP contribution in [0.3, 0.4) is 0 Å². The first kappa shape index (κ1) is 13.9. The smallest absolute Gasteiger partial charge is 0.119 e. The summed E-state index contributed by atoms with van der Waals surface area (Å²) in [6.45, 7) is 4.13. The van der Waals surface area contributed by atoms with Gasteiger partial charge in [-0.15, -0.1) is 0 Å². The van der Waals surface area contributed by atoms with Gasteiger partial charge in [0.15, 0.2) is 0 Å². The first-order chi connectivity index (χ1) is 9.86. The molecule has 110 valence electrons. The van der Waals surface area contributed by atoms with Crippen LogP contribution in [-0.4, -0.2) is 25.4 Å². The Labute approximate surface area is 121 Å². The number of hydrogen-bond acceptors (Lipinski definition) is 3. The number of benzene rings is 1. The van der Waals surface area contributed by atoms with E-state index >= 15 is 0 Å². The van der Waals surface area contributed by atoms with Crippen LogP contribution >= 0.6 is 0 Å². The van der Waals surface area contributed by atoms with E-state index in [1.807, 2.05) is 0 Å². The zero-order chi connectivity index (χ0) is 13.8. The molecule has 2 atom stereocenters. The molecule has 1 aromatic rings. The second-order valence-electron chi connectivity index (χ2n) is 5.87. The Hall–Kier alpha value is -1.06. The van der Waals surface area contributed by atoms with Gasteiger partial charge in [-0.3, -0.25) is 0 Å². The van der Waals surface area contributed by atoms with Gasteiger partial charge in [-0.25, -0.2) is 0 Å². The Kier molecular flexibility index (Phi) is 4.58. The third kappa shape index (κ3) is 3.53. The monoisotopic (exact) mass is 275 g/mol. The quantitative estimate of drug-likeness (QED) is 0.827. The van der Waals surface area contributed by atoms with E-state index in [0.717, 1.165) is 31.7 Å². The molecule has 1 saturated carbocycles. The predicted molar refractivity (Wildman–Crippen MR) is 80.1 cm³/mol. The van der Waals surface area contributed by atoms with Crippen molar-refractivity contribution in [1.82, 2.24) is 5.32 Å². The van der Waals surface area contributed by atoms with Crippen LogP contribution in [0.5, 0.6) is 5.75 Å². The van der Waals surface area contributed by atoms with Crippen LogP contribution in [0, 0.1) is 0 Å². The van der Waals surface area contributed by atoms with Gasteiger partial charge in [0.2, 0.25) is 0 Å². The molecule has 0 aromatic heterocycles. The fraction of sp³-hybridized carbons (Fsp3) is 0.647. The van der Waals surface area contributed by atoms with Crippen molar-refractivity contribution in [2.24, 2.45) is 0 Å². The van der Waals surface area contributed by atoms with Crippen molar-refractivity contribution in [2.45, 2.75) is 57.3 Å². The minimum absolute atomic E-state index is 0.312. The van der Waals surface area contributed by atoms with Crippen LogP contribution < -0.4 is 10.1 Å². The minimum Gasteiger partial charge on any atom is -0.490 e. The maximum absolute atomic E-state index is 5.88. The van der Waals surface area contributed by atoms with E-state index in [1.165, 1.54) is 24.8 Å². The predicted octanol–water partition coefficient (Wildman–Crippen LogP) is 3.45. The third-order valence-corrected chi connectivity index (χ3v) is 4.02. The Morgan fingerprint density at radius 2 is 2.05 bits per heavy atom. The van der Waals surface area contributed by atoms with Gasteiger partial charge in [-0.1, -0.05) is 19.1 Å². The Morgan fingerprint density at radius 1 is 1.25 bits per heavy atom. The third-order valence-electron chi connectivity index (χ3n) is 4.02. The Bertz CT molecular complexity index is 408. The molecule has 2 fully saturated rings. The van der Waals surface area contributed by atoms with Gasteiger partial charge >= 0.3 is 0 Å². The largest absolute Gasteiger partial charge is 0.490 e. The second kappa shape index (κ2) is 6.59. The first-order valence-electron chi connectivity index (χ1n) is 7.98. The summed E-state index contributed by atoms with van der Waals surface area (Å²) < 4.78 is 11.7. The summed E-state index contributed by atoms with van der Waals surface area (Å²) >= 11 is 0. The van der Waals surface area contributed by atoms with E-state index in [9.17, 15) is 0 Å². The van der Waals surface area contributed by atoms with E-state index in [0.29, 0.717) is 18.2 Å². The average molecular weight is 275 g/mol. The van der Waals surface area contributed by atoms with Crippen molar-refractivity contribution in [1.29, 1.82) is 0 Å². The van der Waals surface area contributed by atoms with Crippen LogP contribution in [0.15, 0.2) is 24.3 Å². The van der Waals surface area contributed by atoms with E-state index in [1.54, 1.807) is 0 Å². The molecular formula is C17H25NO2. The fourth-order valence-corrected chi connectivity index (χ4v) is 2.76. The highest BCUT2D eigenvalue weighted by molar-refractivity contribution is 5.30. The summed E-state index contributed by atoms with van der Waals surface area (Å²) in [5, 5.41) is 3.63. The van der Waals surface area contributed by atoms with Gasteiger partial charge in [0, 0.05) is 6.61 Å². The van der Waals surface area contributed by atoms with E-state index in [-0.39, 0.29) is 0 Å². The number of rotatable bonds is 7. The highest BCUT2D eigenvalue weighted by Gasteiger charge is 2.27. The maximum Gasteiger partial charge on any atom is 0.119 e. The molecule has 1 aliphatic carbocycles. The van der Waals surface area contributed by atoms with Crippen molar-refractivity contribution in [3.05, 3.63) is 29.8 Å². The fourth-order valence-electron chi connectivity index (χ4n) is 2.76. The van der Waals surface area contributed by atoms with Gasteiger partial charge in [0.05, 0.1) is 18.2 Å². The van der Waals surface area contributed by atoms with Crippen molar-refractivity contribution in [2.75, 3.05) is 13.2 Å². The molecule has 1 heterocycles. The molecule has 1 saturated heterocycles. The molecule has 1 aliphatic heterocycles. The molecule has 3 heteroatoms. The van der Waals surface area contributed by atoms with Crippen molar-refractivity contribution >= 4 is 0 Å². The zero-order valence-corrected chi connectivity index (χ0v) is 12.3. The lowest BCUT2D eigenvalue weighted by atomic mass is 9.99. The molecule has 3 rings (SSSR count). The standard InChI is InChI=1S/C17H25NO2/c1-2-11-18-17(16-4-3-12-19-16)13-5-7-14(8-6-13)20-15-9-10-15/h5-8,15-18H,2-4,9-12H2,1H3. The second-order valence-corrected chi connectivity index (χ2v) is 5.87. The lowest BCUT2D eigenvalue weighted by Gasteiger charge is -2.25. The Morgan fingerprint density at radius 3 is 2.65 bits per heavy atom. The van der Waals surface area contributed by atoms with Gasteiger partial charge in [0.25, 0.3) is 0 Å². The molecule has 20 heavy (non-hydrogen) atoms. The van der Waals surface area contributed by atoms with Crippen LogP contribution in [-0.2, 0) is 4.74 Å². The summed E-state index contributed by atoms with van der Waals surface area (Å²) in [5.74, 6) is 0.998. The van der Waals surface area contributed by atoms with Crippen LogP contribution in [0.25, 0.3) is 0 Å². The molecular weight excluding hydrogens is 250 g/mol. The Balaban J connectivity index is 1.67. The van der Waals surface area contributed by atoms with E-state index in [4.69, 9.17) is 9.47 Å². The summed E-state index contributed by atoms with van der Waals surface area (Å²) in [6.07, 6.45) is 6.67. The molecule has 0 amide bonds. The molecule has 0 spiro atoms. The van der Waals surface area contributed by atoms with E-state index < -0.39 is 0 Å². The van der Waals surface area contributed by atoms with Crippen LogP contribution in [0.1, 0.15) is 50.6 Å². The van der Waals surface area contributed by atoms with Crippen molar-refractivity contribution in [3.8, 4) is 5.75 Å². The summed E-state index contributed by atoms with van der Waals surface area (Å²) in [4.78, 5) is 0. The molecule has 0 bridgehead atoms. The van der Waals surface area contributed by atoms with E-state index in [2.05, 4.69) is 36.5 Å². The summed E-state index contributed by atoms with van der Waals surface area (Å²) in [7, 11) is 0. The summed E-state index contributed by atoms with van der Waals surface area (Å²) in [6, 6.07) is 8.89. The molecule has 1 N–H and O–H groups in total. The molecule has 2 aliphatic rings. The SMILES string of the molecule is CCCNC(c1ccc(OC2CC2)cc1)C1CCCO1. The van der Waals surface area contributed by atoms with Gasteiger partial charge < -0.3 is 14.8 Å². The molecule has 2 unspecified atom stereocenters. The number of nitrogens with one attached hydrogen (secondary N) is 1. The number of hydrogen-bond donors (Lipinski definition) is 1. The lowest BCUT2D eigenvalue weighted by Crippen LogP contribution is -2.32. The van der Waals surface area contributed by atoms with Crippen molar-refractivity contribution < 1.29 is 9.47 Å². The maximum atomic E-state index is 5.88. The van der Waals surface area contributed by atoms with Gasteiger partial charge in [-0.2, -0.15) is 0 Å². The normalized spacial score (nSPS) is 23.8. The van der Waals surface area contributed by atoms with Gasteiger partial charge in [0.1, 0.15) is 5.75 Å². The topological polar surface area (TPSA) is 30.5 Å². The lowest BCUT2D eigenvalue weighted by molar-refractivity contribution is 0.0783. The number of ether oxygens (including phenoxy) is 2. The van der Waals surface area contributed by atoms with Crippen LogP contribution in [0.2, 0.25) is 0 Å². The van der Waals surface area contributed by atoms with Crippen molar-refractivity contribution in [3.63, 3.8) is 0 Å². The highest BCUT2D eigenvalue weighted by Crippen LogP contribution is 2.30. The van der Waals surface area contributed by atoms with Gasteiger partial charge in [-0.05, 0) is 56.3 Å². The summed E-state index contributed by atoms with van der Waals surface area (Å²) in [5.41, 5.74) is 1.31.